The van der Waals surface area contributed by atoms with E-state index in [4.69, 9.17) is 11.6 Å². The van der Waals surface area contributed by atoms with Crippen molar-refractivity contribution in [3.05, 3.63) is 88.2 Å². The van der Waals surface area contributed by atoms with E-state index in [-0.39, 0.29) is 18.4 Å². The highest BCUT2D eigenvalue weighted by Gasteiger charge is 2.31. The van der Waals surface area contributed by atoms with E-state index < -0.39 is 0 Å². The molecule has 0 radical (unpaired) electrons. The zero-order valence-electron chi connectivity index (χ0n) is 17.3. The van der Waals surface area contributed by atoms with Crippen molar-refractivity contribution in [2.75, 3.05) is 13.1 Å². The van der Waals surface area contributed by atoms with E-state index in [0.717, 1.165) is 23.1 Å². The van der Waals surface area contributed by atoms with Crippen molar-refractivity contribution in [1.29, 1.82) is 0 Å². The molecule has 2 aromatic carbocycles. The lowest BCUT2D eigenvalue weighted by Gasteiger charge is -2.19. The van der Waals surface area contributed by atoms with Gasteiger partial charge in [-0.1, -0.05) is 48.0 Å². The van der Waals surface area contributed by atoms with Crippen LogP contribution in [0.4, 0.5) is 0 Å². The zero-order chi connectivity index (χ0) is 21.4. The number of pyridine rings is 1. The van der Waals surface area contributed by atoms with E-state index in [0.29, 0.717) is 29.7 Å². The zero-order valence-corrected chi connectivity index (χ0v) is 18.1. The molecule has 3 aromatic rings. The minimum atomic E-state index is -0.131. The first kappa shape index (κ1) is 20.2. The van der Waals surface area contributed by atoms with E-state index in [1.54, 1.807) is 18.3 Å². The molecule has 1 atom stereocenters. The molecular formula is C26H25ClN2O2. The molecule has 31 heavy (non-hydrogen) atoms. The Morgan fingerprint density at radius 1 is 1.03 bits per heavy atom. The van der Waals surface area contributed by atoms with Gasteiger partial charge in [-0.2, -0.15) is 0 Å². The van der Waals surface area contributed by atoms with Gasteiger partial charge in [0.15, 0.2) is 0 Å². The third-order valence-electron chi connectivity index (χ3n) is 6.48. The third kappa shape index (κ3) is 3.98. The molecule has 2 fully saturated rings. The molecule has 2 heterocycles. The average molecular weight is 433 g/mol. The van der Waals surface area contributed by atoms with Gasteiger partial charge in [0.05, 0.1) is 11.6 Å². The van der Waals surface area contributed by atoms with Gasteiger partial charge in [0, 0.05) is 25.2 Å². The second-order valence-electron chi connectivity index (χ2n) is 8.50. The molecule has 5 rings (SSSR count). The highest BCUT2D eigenvalue weighted by molar-refractivity contribution is 6.33. The molecule has 1 saturated carbocycles. The standard InChI is InChI=1S/C26H25ClN2O2/c27-24-6-3-12-28-25(24)26(31)29-13-11-19(15-29)21-10-9-18(14-20(21)16-30)23-5-2-1-4-22(23)17-7-8-17/h1-6,9-10,12,14,17,19,30H,7-8,11,13,15-16H2. The lowest BCUT2D eigenvalue weighted by molar-refractivity contribution is 0.0785. The molecule has 158 valence electrons. The van der Waals surface area contributed by atoms with Crippen LogP contribution in [-0.4, -0.2) is 34.0 Å². The average Bonchev–Trinajstić information content (AvgIpc) is 3.55. The minimum Gasteiger partial charge on any atom is -0.392 e. The van der Waals surface area contributed by atoms with Crippen LogP contribution in [0, 0.1) is 0 Å². The number of carbonyl (C=O) groups is 1. The van der Waals surface area contributed by atoms with Crippen LogP contribution < -0.4 is 0 Å². The number of amides is 1. The SMILES string of the molecule is O=C(c1ncccc1Cl)N1CCC(c2ccc(-c3ccccc3C3CC3)cc2CO)C1. The number of hydrogen-bond donors (Lipinski definition) is 1. The first-order valence-corrected chi connectivity index (χ1v) is 11.3. The normalized spacial score (nSPS) is 18.4. The summed E-state index contributed by atoms with van der Waals surface area (Å²) in [4.78, 5) is 18.9. The molecule has 0 spiro atoms. The Morgan fingerprint density at radius 2 is 1.87 bits per heavy atom. The van der Waals surface area contributed by atoms with Crippen LogP contribution in [0.1, 0.15) is 58.3 Å². The Hall–Kier alpha value is -2.69. The van der Waals surface area contributed by atoms with Gasteiger partial charge in [-0.25, -0.2) is 4.98 Å². The second kappa shape index (κ2) is 8.45. The summed E-state index contributed by atoms with van der Waals surface area (Å²) >= 11 is 6.17. The second-order valence-corrected chi connectivity index (χ2v) is 8.91. The molecule has 1 aliphatic carbocycles. The van der Waals surface area contributed by atoms with Crippen LogP contribution in [-0.2, 0) is 6.61 Å². The molecule has 1 saturated heterocycles. The quantitative estimate of drug-likeness (QED) is 0.587. The lowest BCUT2D eigenvalue weighted by atomic mass is 9.89. The Balaban J connectivity index is 1.39. The van der Waals surface area contributed by atoms with Crippen LogP contribution in [0.2, 0.25) is 5.02 Å². The predicted molar refractivity (Wildman–Crippen MR) is 122 cm³/mol. The number of carbonyl (C=O) groups excluding carboxylic acids is 1. The van der Waals surface area contributed by atoms with Gasteiger partial charge in [0.1, 0.15) is 5.69 Å². The first-order chi connectivity index (χ1) is 15.2. The van der Waals surface area contributed by atoms with E-state index in [9.17, 15) is 9.90 Å². The van der Waals surface area contributed by atoms with Crippen LogP contribution in [0.15, 0.2) is 60.8 Å². The first-order valence-electron chi connectivity index (χ1n) is 10.9. The fraction of sp³-hybridized carbons (Fsp3) is 0.308. The van der Waals surface area contributed by atoms with E-state index in [1.165, 1.54) is 24.0 Å². The van der Waals surface area contributed by atoms with Gasteiger partial charge in [-0.3, -0.25) is 4.79 Å². The van der Waals surface area contributed by atoms with Gasteiger partial charge in [0.25, 0.3) is 5.91 Å². The topological polar surface area (TPSA) is 53.4 Å². The van der Waals surface area contributed by atoms with Crippen LogP contribution in [0.3, 0.4) is 0 Å². The largest absolute Gasteiger partial charge is 0.392 e. The van der Waals surface area contributed by atoms with Crippen LogP contribution >= 0.6 is 11.6 Å². The Bertz CT molecular complexity index is 1130. The predicted octanol–water partition coefficient (Wildman–Crippen LogP) is 5.40. The molecular weight excluding hydrogens is 408 g/mol. The molecule has 2 aliphatic rings. The van der Waals surface area contributed by atoms with Crippen molar-refractivity contribution in [1.82, 2.24) is 9.88 Å². The van der Waals surface area contributed by atoms with Crippen LogP contribution in [0.25, 0.3) is 11.1 Å². The number of rotatable bonds is 5. The maximum absolute atomic E-state index is 12.9. The number of nitrogens with zero attached hydrogens (tertiary/aromatic N) is 2. The third-order valence-corrected chi connectivity index (χ3v) is 6.78. The highest BCUT2D eigenvalue weighted by atomic mass is 35.5. The molecule has 5 heteroatoms. The van der Waals surface area contributed by atoms with Gasteiger partial charge in [-0.05, 0) is 71.2 Å². The van der Waals surface area contributed by atoms with Gasteiger partial charge < -0.3 is 10.0 Å². The minimum absolute atomic E-state index is 0.00865. The summed E-state index contributed by atoms with van der Waals surface area (Å²) in [5.41, 5.74) is 6.19. The van der Waals surface area contributed by atoms with Crippen molar-refractivity contribution in [2.24, 2.45) is 0 Å². The summed E-state index contributed by atoms with van der Waals surface area (Å²) in [5, 5.41) is 10.5. The summed E-state index contributed by atoms with van der Waals surface area (Å²) < 4.78 is 0. The Morgan fingerprint density at radius 3 is 2.65 bits per heavy atom. The highest BCUT2D eigenvalue weighted by Crippen LogP contribution is 2.44. The maximum atomic E-state index is 12.9. The smallest absolute Gasteiger partial charge is 0.274 e. The molecule has 0 bridgehead atoms. The van der Waals surface area contributed by atoms with Crippen molar-refractivity contribution < 1.29 is 9.90 Å². The fourth-order valence-corrected chi connectivity index (χ4v) is 4.91. The van der Waals surface area contributed by atoms with E-state index in [2.05, 4.69) is 47.4 Å². The number of aromatic nitrogens is 1. The monoisotopic (exact) mass is 432 g/mol. The number of benzene rings is 2. The number of halogens is 1. The van der Waals surface area contributed by atoms with Gasteiger partial charge in [-0.15, -0.1) is 0 Å². The lowest BCUT2D eigenvalue weighted by Crippen LogP contribution is -2.29. The summed E-state index contributed by atoms with van der Waals surface area (Å²) in [5.74, 6) is 0.733. The molecule has 1 amide bonds. The van der Waals surface area contributed by atoms with Crippen molar-refractivity contribution >= 4 is 17.5 Å². The van der Waals surface area contributed by atoms with Gasteiger partial charge >= 0.3 is 0 Å². The molecule has 1 unspecified atom stereocenters. The molecule has 1 aromatic heterocycles. The van der Waals surface area contributed by atoms with Crippen LogP contribution in [0.5, 0.6) is 0 Å². The van der Waals surface area contributed by atoms with Gasteiger partial charge in [0.2, 0.25) is 0 Å². The molecule has 4 nitrogen and oxygen atoms in total. The summed E-state index contributed by atoms with van der Waals surface area (Å²) in [6.45, 7) is 1.26. The van der Waals surface area contributed by atoms with Crippen molar-refractivity contribution in [3.63, 3.8) is 0 Å². The summed E-state index contributed by atoms with van der Waals surface area (Å²) in [7, 11) is 0. The number of aliphatic hydroxyl groups is 1. The van der Waals surface area contributed by atoms with E-state index >= 15 is 0 Å². The number of aliphatic hydroxyl groups excluding tert-OH is 1. The maximum Gasteiger partial charge on any atom is 0.274 e. The number of likely N-dealkylation sites (tertiary alicyclic amines) is 1. The Labute approximate surface area is 187 Å². The van der Waals surface area contributed by atoms with Crippen molar-refractivity contribution in [2.45, 2.75) is 37.7 Å². The fourth-order valence-electron chi connectivity index (χ4n) is 4.71. The summed E-state index contributed by atoms with van der Waals surface area (Å²) in [6.07, 6.45) is 4.97. The summed E-state index contributed by atoms with van der Waals surface area (Å²) in [6, 6.07) is 18.4. The molecule has 1 N–H and O–H groups in total. The number of hydrogen-bond acceptors (Lipinski definition) is 3. The van der Waals surface area contributed by atoms with E-state index in [1.807, 2.05) is 4.90 Å². The Kier molecular flexibility index (Phi) is 5.51. The molecule has 1 aliphatic heterocycles. The van der Waals surface area contributed by atoms with Crippen molar-refractivity contribution in [3.8, 4) is 11.1 Å².